The van der Waals surface area contributed by atoms with Crippen molar-refractivity contribution in [3.8, 4) is 0 Å². The highest BCUT2D eigenvalue weighted by atomic mass is 14.9. The summed E-state index contributed by atoms with van der Waals surface area (Å²) in [6, 6.07) is 18.2. The SMILES string of the molecule is CCc1ccc(CC2Cc3ccccc3N2)cc1. The Kier molecular flexibility index (Phi) is 3.06. The summed E-state index contributed by atoms with van der Waals surface area (Å²) in [6.45, 7) is 2.20. The van der Waals surface area contributed by atoms with Gasteiger partial charge in [-0.05, 0) is 42.0 Å². The van der Waals surface area contributed by atoms with Gasteiger partial charge in [-0.2, -0.15) is 0 Å². The highest BCUT2D eigenvalue weighted by Gasteiger charge is 2.19. The lowest BCUT2D eigenvalue weighted by atomic mass is 10.0. The number of para-hydroxylation sites is 1. The molecule has 3 rings (SSSR count). The quantitative estimate of drug-likeness (QED) is 0.855. The van der Waals surface area contributed by atoms with Gasteiger partial charge in [0.1, 0.15) is 0 Å². The predicted octanol–water partition coefficient (Wildman–Crippen LogP) is 3.83. The van der Waals surface area contributed by atoms with Crippen LogP contribution in [0.4, 0.5) is 5.69 Å². The summed E-state index contributed by atoms with van der Waals surface area (Å²) >= 11 is 0. The third kappa shape index (κ3) is 2.26. The van der Waals surface area contributed by atoms with Crippen molar-refractivity contribution in [1.29, 1.82) is 0 Å². The number of rotatable bonds is 3. The van der Waals surface area contributed by atoms with Crippen molar-refractivity contribution >= 4 is 5.69 Å². The zero-order chi connectivity index (χ0) is 12.4. The van der Waals surface area contributed by atoms with E-state index in [0.29, 0.717) is 6.04 Å². The van der Waals surface area contributed by atoms with E-state index < -0.39 is 0 Å². The second kappa shape index (κ2) is 4.85. The Bertz CT molecular complexity index is 503. The second-order valence-corrected chi connectivity index (χ2v) is 5.08. The van der Waals surface area contributed by atoms with Crippen LogP contribution < -0.4 is 5.32 Å². The van der Waals surface area contributed by atoms with Gasteiger partial charge in [0, 0.05) is 11.7 Å². The second-order valence-electron chi connectivity index (χ2n) is 5.08. The van der Waals surface area contributed by atoms with Gasteiger partial charge in [-0.15, -0.1) is 0 Å². The number of benzene rings is 2. The van der Waals surface area contributed by atoms with Crippen molar-refractivity contribution < 1.29 is 0 Å². The van der Waals surface area contributed by atoms with Gasteiger partial charge in [0.15, 0.2) is 0 Å². The smallest absolute Gasteiger partial charge is 0.0375 e. The summed E-state index contributed by atoms with van der Waals surface area (Å²) in [6.07, 6.45) is 3.37. The maximum Gasteiger partial charge on any atom is 0.0375 e. The molecule has 0 saturated heterocycles. The molecule has 0 aromatic heterocycles. The molecule has 2 aromatic carbocycles. The number of fused-ring (bicyclic) bond motifs is 1. The summed E-state index contributed by atoms with van der Waals surface area (Å²) in [4.78, 5) is 0. The Labute approximate surface area is 109 Å². The first-order valence-corrected chi connectivity index (χ1v) is 6.77. The van der Waals surface area contributed by atoms with Crippen LogP contribution >= 0.6 is 0 Å². The van der Waals surface area contributed by atoms with Gasteiger partial charge in [-0.25, -0.2) is 0 Å². The van der Waals surface area contributed by atoms with E-state index in [0.717, 1.165) is 19.3 Å². The molecule has 0 aliphatic carbocycles. The minimum absolute atomic E-state index is 0.551. The molecule has 1 heterocycles. The van der Waals surface area contributed by atoms with Gasteiger partial charge in [0.2, 0.25) is 0 Å². The third-order valence-corrected chi connectivity index (χ3v) is 3.76. The van der Waals surface area contributed by atoms with Crippen LogP contribution in [0.25, 0.3) is 0 Å². The Morgan fingerprint density at radius 1 is 1.00 bits per heavy atom. The van der Waals surface area contributed by atoms with E-state index in [-0.39, 0.29) is 0 Å². The third-order valence-electron chi connectivity index (χ3n) is 3.76. The fourth-order valence-corrected chi connectivity index (χ4v) is 2.69. The van der Waals surface area contributed by atoms with Crippen LogP contribution in [0.15, 0.2) is 48.5 Å². The monoisotopic (exact) mass is 237 g/mol. The van der Waals surface area contributed by atoms with Crippen LogP contribution in [0.2, 0.25) is 0 Å². The minimum atomic E-state index is 0.551. The van der Waals surface area contributed by atoms with E-state index in [2.05, 4.69) is 60.8 Å². The standard InChI is InChI=1S/C17H19N/c1-2-13-7-9-14(10-8-13)11-16-12-15-5-3-4-6-17(15)18-16/h3-10,16,18H,2,11-12H2,1H3. The Hall–Kier alpha value is -1.76. The van der Waals surface area contributed by atoms with E-state index in [1.807, 2.05) is 0 Å². The van der Waals surface area contributed by atoms with E-state index >= 15 is 0 Å². The predicted molar refractivity (Wildman–Crippen MR) is 77.1 cm³/mol. The first-order valence-electron chi connectivity index (χ1n) is 6.77. The van der Waals surface area contributed by atoms with Gasteiger partial charge < -0.3 is 5.32 Å². The highest BCUT2D eigenvalue weighted by Crippen LogP contribution is 2.26. The number of hydrogen-bond acceptors (Lipinski definition) is 1. The minimum Gasteiger partial charge on any atom is -0.381 e. The van der Waals surface area contributed by atoms with Crippen LogP contribution in [0.1, 0.15) is 23.6 Å². The van der Waals surface area contributed by atoms with Crippen LogP contribution in [0.3, 0.4) is 0 Å². The Balaban J connectivity index is 1.68. The largest absolute Gasteiger partial charge is 0.381 e. The fraction of sp³-hybridized carbons (Fsp3) is 0.294. The lowest BCUT2D eigenvalue weighted by Gasteiger charge is -2.11. The van der Waals surface area contributed by atoms with Crippen molar-refractivity contribution in [2.75, 3.05) is 5.32 Å². The van der Waals surface area contributed by atoms with Crippen molar-refractivity contribution in [2.45, 2.75) is 32.2 Å². The average Bonchev–Trinajstić information content (AvgIpc) is 2.82. The zero-order valence-corrected chi connectivity index (χ0v) is 10.8. The molecule has 1 unspecified atom stereocenters. The molecule has 92 valence electrons. The molecule has 0 radical (unpaired) electrons. The molecule has 0 amide bonds. The van der Waals surface area contributed by atoms with Crippen LogP contribution in [0.5, 0.6) is 0 Å². The molecule has 0 spiro atoms. The molecule has 0 fully saturated rings. The topological polar surface area (TPSA) is 12.0 Å². The normalized spacial score (nSPS) is 17.3. The van der Waals surface area contributed by atoms with E-state index in [4.69, 9.17) is 0 Å². The van der Waals surface area contributed by atoms with Crippen LogP contribution in [-0.2, 0) is 19.3 Å². The molecular weight excluding hydrogens is 218 g/mol. The van der Waals surface area contributed by atoms with Crippen molar-refractivity contribution in [1.82, 2.24) is 0 Å². The van der Waals surface area contributed by atoms with Crippen molar-refractivity contribution in [3.63, 3.8) is 0 Å². The lowest BCUT2D eigenvalue weighted by molar-refractivity contribution is 0.746. The van der Waals surface area contributed by atoms with Gasteiger partial charge in [0.05, 0.1) is 0 Å². The summed E-state index contributed by atoms with van der Waals surface area (Å²) in [5.74, 6) is 0. The van der Waals surface area contributed by atoms with Gasteiger partial charge in [-0.3, -0.25) is 0 Å². The molecule has 1 atom stereocenters. The molecule has 1 heteroatoms. The Morgan fingerprint density at radius 3 is 2.44 bits per heavy atom. The van der Waals surface area contributed by atoms with Gasteiger partial charge in [-0.1, -0.05) is 49.4 Å². The van der Waals surface area contributed by atoms with Crippen molar-refractivity contribution in [3.05, 3.63) is 65.2 Å². The lowest BCUT2D eigenvalue weighted by Crippen LogP contribution is -2.18. The maximum absolute atomic E-state index is 3.61. The number of aryl methyl sites for hydroxylation is 1. The summed E-state index contributed by atoms with van der Waals surface area (Å²) in [5, 5.41) is 3.61. The van der Waals surface area contributed by atoms with E-state index in [1.54, 1.807) is 0 Å². The summed E-state index contributed by atoms with van der Waals surface area (Å²) in [7, 11) is 0. The fourth-order valence-electron chi connectivity index (χ4n) is 2.69. The van der Waals surface area contributed by atoms with Gasteiger partial charge in [0.25, 0.3) is 0 Å². The molecule has 1 aliphatic heterocycles. The summed E-state index contributed by atoms with van der Waals surface area (Å²) in [5.41, 5.74) is 5.61. The van der Waals surface area contributed by atoms with Crippen LogP contribution in [0, 0.1) is 0 Å². The van der Waals surface area contributed by atoms with E-state index in [9.17, 15) is 0 Å². The van der Waals surface area contributed by atoms with Gasteiger partial charge >= 0.3 is 0 Å². The first kappa shape index (κ1) is 11.3. The van der Waals surface area contributed by atoms with Crippen LogP contribution in [-0.4, -0.2) is 6.04 Å². The number of anilines is 1. The Morgan fingerprint density at radius 2 is 1.72 bits per heavy atom. The molecule has 0 saturated carbocycles. The number of hydrogen-bond donors (Lipinski definition) is 1. The maximum atomic E-state index is 3.61. The number of nitrogens with one attached hydrogen (secondary N) is 1. The summed E-state index contributed by atoms with van der Waals surface area (Å²) < 4.78 is 0. The molecule has 1 N–H and O–H groups in total. The first-order chi connectivity index (χ1) is 8.85. The molecule has 18 heavy (non-hydrogen) atoms. The molecule has 1 nitrogen and oxygen atoms in total. The van der Waals surface area contributed by atoms with Crippen molar-refractivity contribution in [2.24, 2.45) is 0 Å². The zero-order valence-electron chi connectivity index (χ0n) is 10.8. The molecular formula is C17H19N. The molecule has 1 aliphatic rings. The average molecular weight is 237 g/mol. The molecule has 2 aromatic rings. The molecule has 0 bridgehead atoms. The van der Waals surface area contributed by atoms with E-state index in [1.165, 1.54) is 22.4 Å². The highest BCUT2D eigenvalue weighted by molar-refractivity contribution is 5.56.